The fourth-order valence-corrected chi connectivity index (χ4v) is 1.22. The smallest absolute Gasteiger partial charge is 0.411 e. The lowest BCUT2D eigenvalue weighted by Crippen LogP contribution is -2.16. The molecule has 0 radical (unpaired) electrons. The molecule has 92 valence electrons. The highest BCUT2D eigenvalue weighted by Crippen LogP contribution is 2.16. The molecular formula is C11H13NO5. The van der Waals surface area contributed by atoms with Crippen molar-refractivity contribution in [3.05, 3.63) is 29.3 Å². The molecule has 1 aromatic carbocycles. The summed E-state index contributed by atoms with van der Waals surface area (Å²) in [5.74, 6) is -1.03. The number of aliphatic hydroxyl groups is 1. The van der Waals surface area contributed by atoms with Crippen LogP contribution < -0.4 is 5.32 Å². The topological polar surface area (TPSA) is 95.9 Å². The standard InChI is InChI=1S/C11H13NO5/c1-7-6-8(10(14)15)2-3-9(7)12-11(16)17-5-4-13/h2-3,6,13H,4-5H2,1H3,(H,12,16)(H,14,15). The molecule has 1 rings (SSSR count). The molecule has 0 bridgehead atoms. The van der Waals surface area contributed by atoms with Gasteiger partial charge < -0.3 is 14.9 Å². The van der Waals surface area contributed by atoms with Crippen molar-refractivity contribution >= 4 is 17.7 Å². The summed E-state index contributed by atoms with van der Waals surface area (Å²) in [4.78, 5) is 21.9. The Kier molecular flexibility index (Phi) is 4.47. The number of aliphatic hydroxyl groups excluding tert-OH is 1. The van der Waals surface area contributed by atoms with Crippen molar-refractivity contribution in [1.82, 2.24) is 0 Å². The summed E-state index contributed by atoms with van der Waals surface area (Å²) < 4.78 is 4.61. The maximum atomic E-state index is 11.2. The summed E-state index contributed by atoms with van der Waals surface area (Å²) in [5.41, 5.74) is 1.24. The van der Waals surface area contributed by atoms with E-state index in [0.717, 1.165) is 0 Å². The zero-order valence-corrected chi connectivity index (χ0v) is 9.27. The Bertz CT molecular complexity index is 430. The van der Waals surface area contributed by atoms with Gasteiger partial charge in [-0.1, -0.05) is 0 Å². The molecule has 0 aliphatic heterocycles. The number of carboxylic acids is 1. The summed E-state index contributed by atoms with van der Waals surface area (Å²) >= 11 is 0. The Hall–Kier alpha value is -2.08. The number of nitrogens with one attached hydrogen (secondary N) is 1. The monoisotopic (exact) mass is 239 g/mol. The highest BCUT2D eigenvalue weighted by atomic mass is 16.6. The number of carbonyl (C=O) groups excluding carboxylic acids is 1. The number of aryl methyl sites for hydroxylation is 1. The Morgan fingerprint density at radius 2 is 2.12 bits per heavy atom. The van der Waals surface area contributed by atoms with E-state index in [2.05, 4.69) is 10.1 Å². The van der Waals surface area contributed by atoms with Crippen molar-refractivity contribution in [1.29, 1.82) is 0 Å². The number of aromatic carboxylic acids is 1. The molecule has 6 nitrogen and oxygen atoms in total. The van der Waals surface area contributed by atoms with Crippen molar-refractivity contribution in [2.24, 2.45) is 0 Å². The minimum Gasteiger partial charge on any atom is -0.478 e. The predicted octanol–water partition coefficient (Wildman–Crippen LogP) is 1.23. The Balaban J connectivity index is 2.72. The van der Waals surface area contributed by atoms with E-state index in [9.17, 15) is 9.59 Å². The lowest BCUT2D eigenvalue weighted by molar-refractivity contribution is 0.0697. The minimum atomic E-state index is -1.03. The fraction of sp³-hybridized carbons (Fsp3) is 0.273. The van der Waals surface area contributed by atoms with E-state index < -0.39 is 12.1 Å². The van der Waals surface area contributed by atoms with Gasteiger partial charge in [-0.2, -0.15) is 0 Å². The van der Waals surface area contributed by atoms with Crippen molar-refractivity contribution < 1.29 is 24.5 Å². The van der Waals surface area contributed by atoms with E-state index in [4.69, 9.17) is 10.2 Å². The summed E-state index contributed by atoms with van der Waals surface area (Å²) in [6, 6.07) is 4.32. The van der Waals surface area contributed by atoms with Gasteiger partial charge in [0.05, 0.1) is 12.2 Å². The largest absolute Gasteiger partial charge is 0.478 e. The van der Waals surface area contributed by atoms with Crippen molar-refractivity contribution in [2.75, 3.05) is 18.5 Å². The van der Waals surface area contributed by atoms with Gasteiger partial charge >= 0.3 is 12.1 Å². The first-order chi connectivity index (χ1) is 8.04. The first-order valence-electron chi connectivity index (χ1n) is 4.93. The third-order valence-electron chi connectivity index (χ3n) is 2.03. The molecule has 0 unspecified atom stereocenters. The van der Waals surface area contributed by atoms with Gasteiger partial charge in [0.1, 0.15) is 6.61 Å². The lowest BCUT2D eigenvalue weighted by Gasteiger charge is -2.09. The number of carbonyl (C=O) groups is 2. The number of hydrogen-bond acceptors (Lipinski definition) is 4. The minimum absolute atomic E-state index is 0.0852. The van der Waals surface area contributed by atoms with Gasteiger partial charge in [0.2, 0.25) is 0 Å². The summed E-state index contributed by atoms with van der Waals surface area (Å²) in [6.07, 6.45) is -0.690. The van der Waals surface area contributed by atoms with Crippen LogP contribution in [0.4, 0.5) is 10.5 Å². The molecule has 0 saturated heterocycles. The van der Waals surface area contributed by atoms with Crippen LogP contribution in [0.5, 0.6) is 0 Å². The van der Waals surface area contributed by atoms with Crippen molar-refractivity contribution in [3.63, 3.8) is 0 Å². The fourth-order valence-electron chi connectivity index (χ4n) is 1.22. The number of hydrogen-bond donors (Lipinski definition) is 3. The Morgan fingerprint density at radius 1 is 1.41 bits per heavy atom. The maximum absolute atomic E-state index is 11.2. The van der Waals surface area contributed by atoms with Crippen LogP contribution in [0.1, 0.15) is 15.9 Å². The number of rotatable bonds is 4. The van der Waals surface area contributed by atoms with Crippen LogP contribution >= 0.6 is 0 Å². The van der Waals surface area contributed by atoms with E-state index in [0.29, 0.717) is 11.3 Å². The number of anilines is 1. The molecule has 0 spiro atoms. The van der Waals surface area contributed by atoms with Crippen molar-refractivity contribution in [2.45, 2.75) is 6.92 Å². The Labute approximate surface area is 97.8 Å². The summed E-state index contributed by atoms with van der Waals surface area (Å²) in [7, 11) is 0. The normalized spacial score (nSPS) is 9.76. The van der Waals surface area contributed by atoms with Gasteiger partial charge in [0.15, 0.2) is 0 Å². The van der Waals surface area contributed by atoms with Crippen LogP contribution in [0, 0.1) is 6.92 Å². The van der Waals surface area contributed by atoms with Crippen LogP contribution in [0.25, 0.3) is 0 Å². The van der Waals surface area contributed by atoms with Gasteiger partial charge in [-0.25, -0.2) is 9.59 Å². The molecule has 1 amide bonds. The second kappa shape index (κ2) is 5.86. The predicted molar refractivity (Wildman–Crippen MR) is 60.2 cm³/mol. The van der Waals surface area contributed by atoms with Gasteiger partial charge in [0, 0.05) is 5.69 Å². The average molecular weight is 239 g/mol. The van der Waals surface area contributed by atoms with Crippen LogP contribution in [0.15, 0.2) is 18.2 Å². The van der Waals surface area contributed by atoms with Crippen LogP contribution in [-0.2, 0) is 4.74 Å². The molecule has 0 fully saturated rings. The van der Waals surface area contributed by atoms with Crippen LogP contribution in [-0.4, -0.2) is 35.5 Å². The third-order valence-corrected chi connectivity index (χ3v) is 2.03. The number of carboxylic acid groups (broad SMARTS) is 1. The van der Waals surface area contributed by atoms with Gasteiger partial charge in [-0.3, -0.25) is 5.32 Å². The van der Waals surface area contributed by atoms with Crippen LogP contribution in [0.2, 0.25) is 0 Å². The van der Waals surface area contributed by atoms with Gasteiger partial charge in [-0.05, 0) is 30.7 Å². The molecule has 0 atom stereocenters. The summed E-state index contributed by atoms with van der Waals surface area (Å²) in [5, 5.41) is 19.7. The molecule has 0 saturated carbocycles. The van der Waals surface area contributed by atoms with Gasteiger partial charge in [-0.15, -0.1) is 0 Å². The average Bonchev–Trinajstić information content (AvgIpc) is 2.28. The highest BCUT2D eigenvalue weighted by Gasteiger charge is 2.08. The molecule has 0 aliphatic carbocycles. The van der Waals surface area contributed by atoms with E-state index in [1.807, 2.05) is 0 Å². The SMILES string of the molecule is Cc1cc(C(=O)O)ccc1NC(=O)OCCO. The molecule has 3 N–H and O–H groups in total. The zero-order valence-electron chi connectivity index (χ0n) is 9.27. The number of amides is 1. The first kappa shape index (κ1) is 13.0. The maximum Gasteiger partial charge on any atom is 0.411 e. The Morgan fingerprint density at radius 3 is 2.65 bits per heavy atom. The molecule has 0 aromatic heterocycles. The first-order valence-corrected chi connectivity index (χ1v) is 4.93. The van der Waals surface area contributed by atoms with E-state index in [1.165, 1.54) is 18.2 Å². The van der Waals surface area contributed by atoms with E-state index >= 15 is 0 Å². The molecule has 17 heavy (non-hydrogen) atoms. The lowest BCUT2D eigenvalue weighted by atomic mass is 10.1. The number of ether oxygens (including phenoxy) is 1. The molecule has 1 aromatic rings. The molecule has 0 heterocycles. The van der Waals surface area contributed by atoms with Crippen LogP contribution in [0.3, 0.4) is 0 Å². The second-order valence-electron chi connectivity index (χ2n) is 3.32. The molecule has 6 heteroatoms. The van der Waals surface area contributed by atoms with Gasteiger partial charge in [0.25, 0.3) is 0 Å². The number of benzene rings is 1. The van der Waals surface area contributed by atoms with E-state index in [-0.39, 0.29) is 18.8 Å². The summed E-state index contributed by atoms with van der Waals surface area (Å²) in [6.45, 7) is 1.34. The molecule has 0 aliphatic rings. The quantitative estimate of drug-likeness (QED) is 0.734. The third kappa shape index (κ3) is 3.76. The van der Waals surface area contributed by atoms with E-state index in [1.54, 1.807) is 6.92 Å². The van der Waals surface area contributed by atoms with Crippen molar-refractivity contribution in [3.8, 4) is 0 Å². The molecular weight excluding hydrogens is 226 g/mol. The second-order valence-corrected chi connectivity index (χ2v) is 3.32. The zero-order chi connectivity index (χ0) is 12.8. The highest BCUT2D eigenvalue weighted by molar-refractivity contribution is 5.90.